The number of rotatable bonds is 4. The Morgan fingerprint density at radius 3 is 1.39 bits per heavy atom. The fourth-order valence-electron chi connectivity index (χ4n) is 6.93. The van der Waals surface area contributed by atoms with E-state index in [9.17, 15) is 0 Å². The molecule has 0 radical (unpaired) electrons. The highest BCUT2D eigenvalue weighted by Gasteiger charge is 2.23. The van der Waals surface area contributed by atoms with Crippen LogP contribution in [0.4, 0.5) is 0 Å². The maximum Gasteiger partial charge on any atom is 0.235 e. The molecule has 0 saturated heterocycles. The summed E-state index contributed by atoms with van der Waals surface area (Å²) < 4.78 is 4.70. The fourth-order valence-corrected chi connectivity index (χ4v) is 6.93. The van der Waals surface area contributed by atoms with Crippen molar-refractivity contribution in [2.45, 2.75) is 13.8 Å². The SMILES string of the molecule is Cc1ccc2c(c1)c1ccc3c4cc(C)ccc4n(-c4nc(-c5ccccc5)cc(-c5ccccc5)n4)c3c1n2-c1ccccc1. The van der Waals surface area contributed by atoms with E-state index in [1.54, 1.807) is 0 Å². The van der Waals surface area contributed by atoms with E-state index in [0.29, 0.717) is 5.95 Å². The third kappa shape index (κ3) is 4.07. The molecule has 0 spiro atoms. The zero-order chi connectivity index (χ0) is 30.8. The molecule has 0 aliphatic carbocycles. The van der Waals surface area contributed by atoms with Crippen molar-refractivity contribution in [3.05, 3.63) is 157 Å². The number of para-hydroxylation sites is 1. The lowest BCUT2D eigenvalue weighted by atomic mass is 10.1. The third-order valence-electron chi connectivity index (χ3n) is 9.03. The van der Waals surface area contributed by atoms with Gasteiger partial charge in [-0.1, -0.05) is 114 Å². The van der Waals surface area contributed by atoms with Crippen LogP contribution in [0.15, 0.2) is 146 Å². The zero-order valence-electron chi connectivity index (χ0n) is 25.6. The van der Waals surface area contributed by atoms with Crippen molar-refractivity contribution in [1.82, 2.24) is 19.1 Å². The van der Waals surface area contributed by atoms with Crippen LogP contribution in [0.25, 0.3) is 77.8 Å². The van der Waals surface area contributed by atoms with Crippen LogP contribution in [0.1, 0.15) is 11.1 Å². The predicted molar refractivity (Wildman–Crippen MR) is 191 cm³/mol. The summed E-state index contributed by atoms with van der Waals surface area (Å²) in [5, 5.41) is 4.81. The molecule has 9 aromatic rings. The molecule has 3 aromatic heterocycles. The molecule has 4 nitrogen and oxygen atoms in total. The molecule has 3 heterocycles. The standard InChI is InChI=1S/C42H30N4/c1-27-18-22-38-34(24-27)32-20-21-33-35-25-28(2)19-23-39(35)46(41(33)40(32)45(38)31-16-10-5-11-17-31)42-43-36(29-12-6-3-7-13-29)26-37(44-42)30-14-8-4-9-15-30/h3-26H,1-2H3. The summed E-state index contributed by atoms with van der Waals surface area (Å²) in [4.78, 5) is 10.6. The van der Waals surface area contributed by atoms with Gasteiger partial charge in [-0.15, -0.1) is 0 Å². The molecular weight excluding hydrogens is 560 g/mol. The first-order valence-electron chi connectivity index (χ1n) is 15.7. The Morgan fingerprint density at radius 1 is 0.413 bits per heavy atom. The van der Waals surface area contributed by atoms with E-state index in [0.717, 1.165) is 44.8 Å². The van der Waals surface area contributed by atoms with Gasteiger partial charge in [0.1, 0.15) is 0 Å². The largest absolute Gasteiger partial charge is 0.307 e. The van der Waals surface area contributed by atoms with Gasteiger partial charge in [0.05, 0.1) is 33.5 Å². The average molecular weight is 591 g/mol. The fraction of sp³-hybridized carbons (Fsp3) is 0.0476. The van der Waals surface area contributed by atoms with Gasteiger partial charge in [0.25, 0.3) is 0 Å². The van der Waals surface area contributed by atoms with Crippen LogP contribution >= 0.6 is 0 Å². The summed E-state index contributed by atoms with van der Waals surface area (Å²) in [5.74, 6) is 0.651. The smallest absolute Gasteiger partial charge is 0.235 e. The molecule has 0 unspecified atom stereocenters. The third-order valence-corrected chi connectivity index (χ3v) is 9.03. The second kappa shape index (κ2) is 10.3. The number of nitrogens with zero attached hydrogens (tertiary/aromatic N) is 4. The number of hydrogen-bond donors (Lipinski definition) is 0. The topological polar surface area (TPSA) is 35.6 Å². The second-order valence-corrected chi connectivity index (χ2v) is 12.1. The van der Waals surface area contributed by atoms with Crippen molar-refractivity contribution in [1.29, 1.82) is 0 Å². The molecule has 46 heavy (non-hydrogen) atoms. The molecule has 4 heteroatoms. The molecule has 0 aliphatic heterocycles. The number of aromatic nitrogens is 4. The van der Waals surface area contributed by atoms with Gasteiger partial charge in [0, 0.05) is 38.4 Å². The van der Waals surface area contributed by atoms with E-state index in [-0.39, 0.29) is 0 Å². The molecule has 0 fully saturated rings. The number of hydrogen-bond acceptors (Lipinski definition) is 2. The van der Waals surface area contributed by atoms with Gasteiger partial charge in [-0.05, 0) is 56.3 Å². The average Bonchev–Trinajstić information content (AvgIpc) is 3.61. The van der Waals surface area contributed by atoms with Gasteiger partial charge in [0.15, 0.2) is 0 Å². The first kappa shape index (κ1) is 26.4. The van der Waals surface area contributed by atoms with Crippen molar-refractivity contribution in [3.8, 4) is 34.2 Å². The summed E-state index contributed by atoms with van der Waals surface area (Å²) in [6.07, 6.45) is 0. The molecule has 0 bridgehead atoms. The quantitative estimate of drug-likeness (QED) is 0.204. The summed E-state index contributed by atoms with van der Waals surface area (Å²) in [6, 6.07) is 51.6. The van der Waals surface area contributed by atoms with Crippen molar-refractivity contribution in [2.75, 3.05) is 0 Å². The van der Waals surface area contributed by atoms with Gasteiger partial charge in [0.2, 0.25) is 5.95 Å². The zero-order valence-corrected chi connectivity index (χ0v) is 25.6. The minimum Gasteiger partial charge on any atom is -0.307 e. The first-order chi connectivity index (χ1) is 22.6. The lowest BCUT2D eigenvalue weighted by Gasteiger charge is -2.14. The summed E-state index contributed by atoms with van der Waals surface area (Å²) in [5.41, 5.74) is 12.0. The van der Waals surface area contributed by atoms with Gasteiger partial charge in [-0.25, -0.2) is 9.97 Å². The Kier molecular flexibility index (Phi) is 5.90. The Balaban J connectivity index is 1.49. The number of benzene rings is 6. The molecule has 0 amide bonds. The van der Waals surface area contributed by atoms with E-state index < -0.39 is 0 Å². The molecule has 0 N–H and O–H groups in total. The van der Waals surface area contributed by atoms with Crippen LogP contribution in [-0.4, -0.2) is 19.1 Å². The van der Waals surface area contributed by atoms with Crippen molar-refractivity contribution < 1.29 is 0 Å². The molecule has 6 aromatic carbocycles. The lowest BCUT2D eigenvalue weighted by Crippen LogP contribution is -2.05. The van der Waals surface area contributed by atoms with Gasteiger partial charge in [-0.3, -0.25) is 4.57 Å². The van der Waals surface area contributed by atoms with Crippen LogP contribution in [0, 0.1) is 13.8 Å². The lowest BCUT2D eigenvalue weighted by molar-refractivity contribution is 0.995. The molecule has 0 aliphatic rings. The Labute approximate surface area is 266 Å². The minimum absolute atomic E-state index is 0.651. The first-order valence-corrected chi connectivity index (χ1v) is 15.7. The number of aryl methyl sites for hydroxylation is 2. The highest BCUT2D eigenvalue weighted by atomic mass is 15.2. The second-order valence-electron chi connectivity index (χ2n) is 12.1. The maximum atomic E-state index is 5.31. The van der Waals surface area contributed by atoms with Crippen LogP contribution in [-0.2, 0) is 0 Å². The van der Waals surface area contributed by atoms with E-state index in [2.05, 4.69) is 156 Å². The normalized spacial score (nSPS) is 11.7. The highest BCUT2D eigenvalue weighted by molar-refractivity contribution is 6.23. The van der Waals surface area contributed by atoms with Crippen LogP contribution in [0.2, 0.25) is 0 Å². The van der Waals surface area contributed by atoms with Crippen LogP contribution in [0.3, 0.4) is 0 Å². The van der Waals surface area contributed by atoms with E-state index in [1.807, 2.05) is 12.1 Å². The molecular formula is C42H30N4. The van der Waals surface area contributed by atoms with E-state index >= 15 is 0 Å². The van der Waals surface area contributed by atoms with E-state index in [1.165, 1.54) is 38.2 Å². The molecule has 0 atom stereocenters. The van der Waals surface area contributed by atoms with Crippen molar-refractivity contribution >= 4 is 43.6 Å². The Bertz CT molecular complexity index is 2520. The van der Waals surface area contributed by atoms with Crippen LogP contribution < -0.4 is 0 Å². The Morgan fingerprint density at radius 2 is 0.870 bits per heavy atom. The summed E-state index contributed by atoms with van der Waals surface area (Å²) in [7, 11) is 0. The highest BCUT2D eigenvalue weighted by Crippen LogP contribution is 2.42. The maximum absolute atomic E-state index is 5.31. The van der Waals surface area contributed by atoms with Crippen molar-refractivity contribution in [3.63, 3.8) is 0 Å². The molecule has 9 rings (SSSR count). The van der Waals surface area contributed by atoms with E-state index in [4.69, 9.17) is 9.97 Å². The molecule has 218 valence electrons. The monoisotopic (exact) mass is 590 g/mol. The van der Waals surface area contributed by atoms with Gasteiger partial charge in [-0.2, -0.15) is 0 Å². The summed E-state index contributed by atoms with van der Waals surface area (Å²) in [6.45, 7) is 4.32. The van der Waals surface area contributed by atoms with Crippen molar-refractivity contribution in [2.24, 2.45) is 0 Å². The van der Waals surface area contributed by atoms with Crippen LogP contribution in [0.5, 0.6) is 0 Å². The Hall–Kier alpha value is -6.00. The van der Waals surface area contributed by atoms with Gasteiger partial charge >= 0.3 is 0 Å². The van der Waals surface area contributed by atoms with Gasteiger partial charge < -0.3 is 4.57 Å². The summed E-state index contributed by atoms with van der Waals surface area (Å²) >= 11 is 0. The molecule has 0 saturated carbocycles. The number of fused-ring (bicyclic) bond motifs is 7. The minimum atomic E-state index is 0.651. The predicted octanol–water partition coefficient (Wildman–Crippen LogP) is 10.6.